The molecule has 1 unspecified atom stereocenters. The summed E-state index contributed by atoms with van der Waals surface area (Å²) in [5.41, 5.74) is 1.52. The largest absolute Gasteiger partial charge is 0.486 e. The lowest BCUT2D eigenvalue weighted by molar-refractivity contribution is -0.121. The minimum Gasteiger partial charge on any atom is -0.486 e. The zero-order valence-electron chi connectivity index (χ0n) is 18.5. The van der Waals surface area contributed by atoms with Crippen LogP contribution in [0.5, 0.6) is 11.5 Å². The van der Waals surface area contributed by atoms with Gasteiger partial charge in [-0.05, 0) is 37.3 Å². The van der Waals surface area contributed by atoms with Crippen LogP contribution in [0.4, 0.5) is 5.69 Å². The van der Waals surface area contributed by atoms with Crippen LogP contribution < -0.4 is 20.5 Å². The van der Waals surface area contributed by atoms with Gasteiger partial charge in [0.1, 0.15) is 13.2 Å². The van der Waals surface area contributed by atoms with Crippen LogP contribution in [0, 0.1) is 0 Å². The van der Waals surface area contributed by atoms with Crippen molar-refractivity contribution in [1.29, 1.82) is 0 Å². The number of aromatic nitrogens is 2. The van der Waals surface area contributed by atoms with Gasteiger partial charge in [0, 0.05) is 37.9 Å². The summed E-state index contributed by atoms with van der Waals surface area (Å²) in [5.74, 6) is 0.760. The lowest BCUT2D eigenvalue weighted by atomic mass is 10.2. The molecule has 1 amide bonds. The molecule has 1 aromatic heterocycles. The Hall–Kier alpha value is -3.35. The number of sulfonamides is 1. The van der Waals surface area contributed by atoms with E-state index < -0.39 is 16.1 Å². The van der Waals surface area contributed by atoms with E-state index in [1.54, 1.807) is 31.2 Å². The van der Waals surface area contributed by atoms with Gasteiger partial charge in [-0.15, -0.1) is 0 Å². The molecular weight excluding hydrogens is 462 g/mol. The number of aromatic amines is 2. The molecule has 2 aliphatic heterocycles. The van der Waals surface area contributed by atoms with Crippen LogP contribution >= 0.6 is 0 Å². The van der Waals surface area contributed by atoms with Gasteiger partial charge in [0.15, 0.2) is 11.5 Å². The Morgan fingerprint density at radius 3 is 2.44 bits per heavy atom. The minimum absolute atomic E-state index is 0.161. The second kappa shape index (κ2) is 8.78. The Morgan fingerprint density at radius 1 is 0.971 bits per heavy atom. The highest BCUT2D eigenvalue weighted by atomic mass is 32.2. The number of hydrogen-bond donors (Lipinski definition) is 3. The van der Waals surface area contributed by atoms with Gasteiger partial charge < -0.3 is 24.8 Å². The van der Waals surface area contributed by atoms with E-state index in [0.717, 1.165) is 0 Å². The number of anilines is 1. The average molecular weight is 488 g/mol. The Morgan fingerprint density at radius 2 is 1.68 bits per heavy atom. The topological polar surface area (TPSA) is 137 Å². The third-order valence-electron chi connectivity index (χ3n) is 6.14. The number of rotatable bonds is 5. The SMILES string of the molecule is CC(C(=O)Nc1ccc2[nH]c(=O)[nH]c2c1)N1CCN(S(=O)(=O)c2ccc3c(c2)OCCO3)CC1. The molecule has 3 aromatic rings. The Balaban J connectivity index is 1.21. The number of H-pyrrole nitrogens is 2. The predicted molar refractivity (Wildman–Crippen MR) is 125 cm³/mol. The van der Waals surface area contributed by atoms with Crippen LogP contribution in [-0.2, 0) is 14.8 Å². The van der Waals surface area contributed by atoms with Gasteiger partial charge in [-0.25, -0.2) is 13.2 Å². The zero-order chi connectivity index (χ0) is 23.9. The van der Waals surface area contributed by atoms with Crippen molar-refractivity contribution < 1.29 is 22.7 Å². The van der Waals surface area contributed by atoms with E-state index >= 15 is 0 Å². The van der Waals surface area contributed by atoms with Crippen molar-refractivity contribution >= 4 is 32.7 Å². The highest BCUT2D eigenvalue weighted by molar-refractivity contribution is 7.89. The highest BCUT2D eigenvalue weighted by Gasteiger charge is 2.32. The van der Waals surface area contributed by atoms with Crippen molar-refractivity contribution in [3.05, 3.63) is 46.9 Å². The smallest absolute Gasteiger partial charge is 0.323 e. The van der Waals surface area contributed by atoms with Gasteiger partial charge >= 0.3 is 5.69 Å². The summed E-state index contributed by atoms with van der Waals surface area (Å²) >= 11 is 0. The monoisotopic (exact) mass is 487 g/mol. The van der Waals surface area contributed by atoms with Crippen molar-refractivity contribution in [1.82, 2.24) is 19.2 Å². The average Bonchev–Trinajstić information content (AvgIpc) is 3.22. The Bertz CT molecular complexity index is 1390. The molecule has 34 heavy (non-hydrogen) atoms. The summed E-state index contributed by atoms with van der Waals surface area (Å²) in [4.78, 5) is 31.7. The van der Waals surface area contributed by atoms with Crippen LogP contribution in [0.1, 0.15) is 6.92 Å². The van der Waals surface area contributed by atoms with Crippen molar-refractivity contribution in [2.75, 3.05) is 44.7 Å². The van der Waals surface area contributed by atoms with Crippen molar-refractivity contribution in [2.24, 2.45) is 0 Å². The second-order valence-corrected chi connectivity index (χ2v) is 10.2. The summed E-state index contributed by atoms with van der Waals surface area (Å²) in [5, 5.41) is 2.86. The number of nitrogens with one attached hydrogen (secondary N) is 3. The van der Waals surface area contributed by atoms with E-state index in [9.17, 15) is 18.0 Å². The fourth-order valence-electron chi connectivity index (χ4n) is 4.19. The molecule has 0 radical (unpaired) electrons. The molecule has 0 spiro atoms. The lowest BCUT2D eigenvalue weighted by Crippen LogP contribution is -2.53. The number of ether oxygens (including phenoxy) is 2. The molecule has 11 nitrogen and oxygen atoms in total. The third-order valence-corrected chi connectivity index (χ3v) is 8.03. The first kappa shape index (κ1) is 22.4. The van der Waals surface area contributed by atoms with Crippen LogP contribution in [0.25, 0.3) is 11.0 Å². The van der Waals surface area contributed by atoms with Crippen LogP contribution in [-0.4, -0.2) is 78.9 Å². The number of benzene rings is 2. The van der Waals surface area contributed by atoms with Crippen LogP contribution in [0.15, 0.2) is 46.1 Å². The fraction of sp³-hybridized carbons (Fsp3) is 0.364. The molecule has 1 saturated heterocycles. The highest BCUT2D eigenvalue weighted by Crippen LogP contribution is 2.33. The quantitative estimate of drug-likeness (QED) is 0.488. The summed E-state index contributed by atoms with van der Waals surface area (Å²) in [6.07, 6.45) is 0. The first-order valence-electron chi connectivity index (χ1n) is 11.0. The Labute approximate surface area is 195 Å². The minimum atomic E-state index is -3.69. The van der Waals surface area contributed by atoms with Gasteiger partial charge in [-0.2, -0.15) is 4.31 Å². The van der Waals surface area contributed by atoms with Crippen molar-refractivity contribution in [2.45, 2.75) is 17.9 Å². The van der Waals surface area contributed by atoms with Gasteiger partial charge in [-0.1, -0.05) is 0 Å². The molecule has 2 aliphatic rings. The van der Waals surface area contributed by atoms with Gasteiger partial charge in [0.05, 0.1) is 22.0 Å². The van der Waals surface area contributed by atoms with Gasteiger partial charge in [0.25, 0.3) is 0 Å². The maximum atomic E-state index is 13.1. The van der Waals surface area contributed by atoms with E-state index in [-0.39, 0.29) is 29.6 Å². The summed E-state index contributed by atoms with van der Waals surface area (Å²) < 4.78 is 38.7. The number of nitrogens with zero attached hydrogens (tertiary/aromatic N) is 2. The maximum Gasteiger partial charge on any atom is 0.323 e. The summed E-state index contributed by atoms with van der Waals surface area (Å²) in [7, 11) is -3.69. The lowest BCUT2D eigenvalue weighted by Gasteiger charge is -2.36. The number of imidazole rings is 1. The molecule has 0 bridgehead atoms. The van der Waals surface area contributed by atoms with Crippen molar-refractivity contribution in [3.8, 4) is 11.5 Å². The molecule has 1 atom stereocenters. The molecule has 180 valence electrons. The first-order chi connectivity index (χ1) is 16.3. The third kappa shape index (κ3) is 4.27. The standard InChI is InChI=1S/C22H25N5O6S/c1-14(21(28)23-15-2-4-17-18(12-15)25-22(29)24-17)26-6-8-27(9-7-26)34(30,31)16-3-5-19-20(13-16)33-11-10-32-19/h2-5,12-14H,6-11H2,1H3,(H,23,28)(H2,24,25,29). The molecular formula is C22H25N5O6S. The zero-order valence-corrected chi connectivity index (χ0v) is 19.4. The second-order valence-electron chi connectivity index (χ2n) is 8.25. The molecule has 5 rings (SSSR count). The molecule has 3 heterocycles. The molecule has 0 aliphatic carbocycles. The summed E-state index contributed by atoms with van der Waals surface area (Å²) in [6.45, 7) is 3.98. The van der Waals surface area contributed by atoms with E-state index in [4.69, 9.17) is 9.47 Å². The molecule has 12 heteroatoms. The Kier molecular flexibility index (Phi) is 5.80. The summed E-state index contributed by atoms with van der Waals surface area (Å²) in [6, 6.07) is 9.31. The molecule has 3 N–H and O–H groups in total. The fourth-order valence-corrected chi connectivity index (χ4v) is 5.63. The number of hydrogen-bond acceptors (Lipinski definition) is 7. The van der Waals surface area contributed by atoms with E-state index in [0.29, 0.717) is 54.5 Å². The molecule has 1 fully saturated rings. The van der Waals surface area contributed by atoms with Crippen LogP contribution in [0.2, 0.25) is 0 Å². The number of amides is 1. The maximum absolute atomic E-state index is 13.1. The molecule has 0 saturated carbocycles. The van der Waals surface area contributed by atoms with E-state index in [1.807, 2.05) is 4.90 Å². The molecule has 2 aromatic carbocycles. The van der Waals surface area contributed by atoms with E-state index in [1.165, 1.54) is 16.4 Å². The predicted octanol–water partition coefficient (Wildman–Crippen LogP) is 0.961. The van der Waals surface area contributed by atoms with Gasteiger partial charge in [-0.3, -0.25) is 9.69 Å². The van der Waals surface area contributed by atoms with Crippen molar-refractivity contribution in [3.63, 3.8) is 0 Å². The first-order valence-corrected chi connectivity index (χ1v) is 12.4. The van der Waals surface area contributed by atoms with E-state index in [2.05, 4.69) is 15.3 Å². The number of fused-ring (bicyclic) bond motifs is 2. The number of piperazine rings is 1. The normalized spacial score (nSPS) is 18.0. The number of carbonyl (C=O) groups is 1. The van der Waals surface area contributed by atoms with Gasteiger partial charge in [0.2, 0.25) is 15.9 Å². The number of carbonyl (C=O) groups excluding carboxylic acids is 1. The van der Waals surface area contributed by atoms with Crippen LogP contribution in [0.3, 0.4) is 0 Å².